The molecule has 0 spiro atoms. The van der Waals surface area contributed by atoms with E-state index >= 15 is 0 Å². The molecule has 0 aliphatic heterocycles. The van der Waals surface area contributed by atoms with Gasteiger partial charge in [-0.3, -0.25) is 9.59 Å². The fourth-order valence-corrected chi connectivity index (χ4v) is 1.89. The number of esters is 1. The third-order valence-electron chi connectivity index (χ3n) is 2.96. The zero-order valence-corrected chi connectivity index (χ0v) is 9.07. The number of hydrogen-bond acceptors (Lipinski definition) is 3. The summed E-state index contributed by atoms with van der Waals surface area (Å²) in [7, 11) is 0. The van der Waals surface area contributed by atoms with E-state index in [1.54, 1.807) is 6.92 Å². The van der Waals surface area contributed by atoms with Crippen LogP contribution in [0.15, 0.2) is 0 Å². The van der Waals surface area contributed by atoms with Crippen molar-refractivity contribution < 1.29 is 19.4 Å². The minimum absolute atomic E-state index is 0.171. The van der Waals surface area contributed by atoms with Gasteiger partial charge in [-0.25, -0.2) is 0 Å². The molecular weight excluding hydrogens is 196 g/mol. The van der Waals surface area contributed by atoms with E-state index in [1.165, 1.54) is 0 Å². The van der Waals surface area contributed by atoms with Gasteiger partial charge in [0.2, 0.25) is 0 Å². The highest BCUT2D eigenvalue weighted by Crippen LogP contribution is 2.29. The second kappa shape index (κ2) is 5.73. The lowest BCUT2D eigenvalue weighted by Crippen LogP contribution is -2.24. The Morgan fingerprint density at radius 2 is 1.87 bits per heavy atom. The van der Waals surface area contributed by atoms with Gasteiger partial charge in [-0.1, -0.05) is 6.92 Å². The summed E-state index contributed by atoms with van der Waals surface area (Å²) < 4.78 is 5.04. The number of carboxylic acid groups (broad SMARTS) is 1. The standard InChI is InChI=1S/C11H18O4/c1-2-10(12)15-7-8-3-5-9(6-4-8)11(13)14/h8-9H,2-7H2,1H3,(H,13,14). The average molecular weight is 214 g/mol. The Morgan fingerprint density at radius 3 is 2.33 bits per heavy atom. The number of rotatable bonds is 4. The van der Waals surface area contributed by atoms with Gasteiger partial charge in [0, 0.05) is 6.42 Å². The van der Waals surface area contributed by atoms with Crippen molar-refractivity contribution in [2.24, 2.45) is 11.8 Å². The molecule has 0 unspecified atom stereocenters. The molecule has 0 bridgehead atoms. The molecule has 0 radical (unpaired) electrons. The van der Waals surface area contributed by atoms with Crippen molar-refractivity contribution in [1.29, 1.82) is 0 Å². The lowest BCUT2D eigenvalue weighted by molar-refractivity contribution is -0.147. The summed E-state index contributed by atoms with van der Waals surface area (Å²) in [4.78, 5) is 21.6. The molecule has 1 aliphatic rings. The first-order chi connectivity index (χ1) is 7.13. The van der Waals surface area contributed by atoms with Crippen LogP contribution < -0.4 is 0 Å². The SMILES string of the molecule is CCC(=O)OCC1CCC(C(=O)O)CC1. The van der Waals surface area contributed by atoms with Gasteiger partial charge < -0.3 is 9.84 Å². The maximum absolute atomic E-state index is 10.9. The molecule has 0 aromatic carbocycles. The molecule has 4 heteroatoms. The molecule has 0 amide bonds. The Morgan fingerprint density at radius 1 is 1.27 bits per heavy atom. The lowest BCUT2D eigenvalue weighted by Gasteiger charge is -2.25. The second-order valence-electron chi connectivity index (χ2n) is 4.09. The molecule has 0 aromatic rings. The molecule has 1 N–H and O–H groups in total. The van der Waals surface area contributed by atoms with Gasteiger partial charge >= 0.3 is 11.9 Å². The fourth-order valence-electron chi connectivity index (χ4n) is 1.89. The van der Waals surface area contributed by atoms with Crippen LogP contribution in [0.4, 0.5) is 0 Å². The van der Waals surface area contributed by atoms with E-state index in [0.29, 0.717) is 31.8 Å². The number of aliphatic carboxylic acids is 1. The zero-order chi connectivity index (χ0) is 11.3. The monoisotopic (exact) mass is 214 g/mol. The van der Waals surface area contributed by atoms with Crippen molar-refractivity contribution in [1.82, 2.24) is 0 Å². The smallest absolute Gasteiger partial charge is 0.306 e. The van der Waals surface area contributed by atoms with Crippen molar-refractivity contribution >= 4 is 11.9 Å². The molecule has 4 nitrogen and oxygen atoms in total. The molecule has 1 aliphatic carbocycles. The highest BCUT2D eigenvalue weighted by atomic mass is 16.5. The number of hydrogen-bond donors (Lipinski definition) is 1. The number of carboxylic acids is 1. The fraction of sp³-hybridized carbons (Fsp3) is 0.818. The Labute approximate surface area is 89.6 Å². The summed E-state index contributed by atoms with van der Waals surface area (Å²) in [5.41, 5.74) is 0. The number of carbonyl (C=O) groups is 2. The van der Waals surface area contributed by atoms with E-state index in [1.807, 2.05) is 0 Å². The predicted molar refractivity (Wildman–Crippen MR) is 54.3 cm³/mol. The Kier molecular flexibility index (Phi) is 4.59. The zero-order valence-electron chi connectivity index (χ0n) is 9.07. The molecular formula is C11H18O4. The predicted octanol–water partition coefficient (Wildman–Crippen LogP) is 1.83. The summed E-state index contributed by atoms with van der Waals surface area (Å²) in [5, 5.41) is 8.80. The largest absolute Gasteiger partial charge is 0.481 e. The molecule has 15 heavy (non-hydrogen) atoms. The lowest BCUT2D eigenvalue weighted by atomic mass is 9.82. The van der Waals surface area contributed by atoms with E-state index in [2.05, 4.69) is 0 Å². The molecule has 86 valence electrons. The van der Waals surface area contributed by atoms with Gasteiger partial charge in [-0.05, 0) is 31.6 Å². The van der Waals surface area contributed by atoms with E-state index in [9.17, 15) is 9.59 Å². The number of ether oxygens (including phenoxy) is 1. The van der Waals surface area contributed by atoms with Crippen LogP contribution in [0.5, 0.6) is 0 Å². The van der Waals surface area contributed by atoms with Gasteiger partial charge in [-0.15, -0.1) is 0 Å². The first-order valence-corrected chi connectivity index (χ1v) is 5.52. The third kappa shape index (κ3) is 3.90. The quantitative estimate of drug-likeness (QED) is 0.725. The van der Waals surface area contributed by atoms with Crippen molar-refractivity contribution in [3.63, 3.8) is 0 Å². The maximum atomic E-state index is 10.9. The van der Waals surface area contributed by atoms with Crippen LogP contribution in [0, 0.1) is 11.8 Å². The van der Waals surface area contributed by atoms with Gasteiger partial charge in [-0.2, -0.15) is 0 Å². The molecule has 1 fully saturated rings. The molecule has 0 heterocycles. The number of carbonyl (C=O) groups excluding carboxylic acids is 1. The van der Waals surface area contributed by atoms with Gasteiger partial charge in [0.05, 0.1) is 12.5 Å². The van der Waals surface area contributed by atoms with Crippen molar-refractivity contribution in [3.8, 4) is 0 Å². The second-order valence-corrected chi connectivity index (χ2v) is 4.09. The minimum Gasteiger partial charge on any atom is -0.481 e. The van der Waals surface area contributed by atoms with Crippen LogP contribution in [0.25, 0.3) is 0 Å². The minimum atomic E-state index is -0.695. The van der Waals surface area contributed by atoms with E-state index in [0.717, 1.165) is 12.8 Å². The summed E-state index contributed by atoms with van der Waals surface area (Å²) in [5.74, 6) is -0.700. The summed E-state index contributed by atoms with van der Waals surface area (Å²) in [6.07, 6.45) is 3.54. The highest BCUT2D eigenvalue weighted by molar-refractivity contribution is 5.70. The van der Waals surface area contributed by atoms with Gasteiger partial charge in [0.1, 0.15) is 0 Å². The van der Waals surface area contributed by atoms with Gasteiger partial charge in [0.25, 0.3) is 0 Å². The molecule has 0 atom stereocenters. The van der Waals surface area contributed by atoms with Crippen LogP contribution in [-0.2, 0) is 14.3 Å². The molecule has 0 aromatic heterocycles. The van der Waals surface area contributed by atoms with Crippen molar-refractivity contribution in [2.45, 2.75) is 39.0 Å². The van der Waals surface area contributed by atoms with Crippen molar-refractivity contribution in [2.75, 3.05) is 6.61 Å². The van der Waals surface area contributed by atoms with Gasteiger partial charge in [0.15, 0.2) is 0 Å². The van der Waals surface area contributed by atoms with E-state index in [4.69, 9.17) is 9.84 Å². The van der Waals surface area contributed by atoms with Crippen LogP contribution in [-0.4, -0.2) is 23.7 Å². The first-order valence-electron chi connectivity index (χ1n) is 5.52. The van der Waals surface area contributed by atoms with Crippen LogP contribution in [0.1, 0.15) is 39.0 Å². The van der Waals surface area contributed by atoms with E-state index < -0.39 is 5.97 Å². The third-order valence-corrected chi connectivity index (χ3v) is 2.96. The van der Waals surface area contributed by atoms with Crippen LogP contribution >= 0.6 is 0 Å². The summed E-state index contributed by atoms with van der Waals surface area (Å²) in [6, 6.07) is 0. The average Bonchev–Trinajstić information content (AvgIpc) is 2.26. The summed E-state index contributed by atoms with van der Waals surface area (Å²) in [6.45, 7) is 2.22. The Bertz CT molecular complexity index is 229. The first kappa shape index (κ1) is 12.0. The summed E-state index contributed by atoms with van der Waals surface area (Å²) >= 11 is 0. The Hall–Kier alpha value is -1.06. The van der Waals surface area contributed by atoms with Crippen LogP contribution in [0.3, 0.4) is 0 Å². The topological polar surface area (TPSA) is 63.6 Å². The van der Waals surface area contributed by atoms with Crippen molar-refractivity contribution in [3.05, 3.63) is 0 Å². The Balaban J connectivity index is 2.20. The van der Waals surface area contributed by atoms with E-state index in [-0.39, 0.29) is 11.9 Å². The normalized spacial score (nSPS) is 25.9. The van der Waals surface area contributed by atoms with Crippen LogP contribution in [0.2, 0.25) is 0 Å². The molecule has 1 rings (SSSR count). The highest BCUT2D eigenvalue weighted by Gasteiger charge is 2.26. The molecule has 1 saturated carbocycles. The maximum Gasteiger partial charge on any atom is 0.306 e. The molecule has 0 saturated heterocycles.